The third-order valence-electron chi connectivity index (χ3n) is 3.86. The summed E-state index contributed by atoms with van der Waals surface area (Å²) in [4.78, 5) is 12.1. The van der Waals surface area contributed by atoms with Crippen molar-refractivity contribution < 1.29 is 13.9 Å². The highest BCUT2D eigenvalue weighted by molar-refractivity contribution is 5.78. The predicted octanol–water partition coefficient (Wildman–Crippen LogP) is 4.09. The number of rotatable bonds is 6. The topological polar surface area (TPSA) is 38.3 Å². The van der Waals surface area contributed by atoms with Crippen LogP contribution in [0.4, 0.5) is 4.39 Å². The predicted molar refractivity (Wildman–Crippen MR) is 89.0 cm³/mol. The highest BCUT2D eigenvalue weighted by Gasteiger charge is 2.13. The van der Waals surface area contributed by atoms with Crippen LogP contribution >= 0.6 is 0 Å². The van der Waals surface area contributed by atoms with E-state index in [0.717, 1.165) is 12.0 Å². The second-order valence-electron chi connectivity index (χ2n) is 5.61. The maximum Gasteiger partial charge on any atom is 0.258 e. The van der Waals surface area contributed by atoms with E-state index >= 15 is 0 Å². The van der Waals surface area contributed by atoms with Crippen molar-refractivity contribution in [3.63, 3.8) is 0 Å². The van der Waals surface area contributed by atoms with Gasteiger partial charge >= 0.3 is 0 Å². The monoisotopic (exact) mass is 315 g/mol. The number of benzene rings is 2. The van der Waals surface area contributed by atoms with Gasteiger partial charge in [-0.3, -0.25) is 4.79 Å². The van der Waals surface area contributed by atoms with Gasteiger partial charge in [-0.1, -0.05) is 25.1 Å². The SMILES string of the molecule is CC[C@@H](NC(=O)COc1ccc(F)cc1)c1ccc(C)c(C)c1. The first-order chi connectivity index (χ1) is 11.0. The van der Waals surface area contributed by atoms with Gasteiger partial charge in [0.25, 0.3) is 5.91 Å². The van der Waals surface area contributed by atoms with E-state index in [1.165, 1.54) is 35.4 Å². The number of aryl methyl sites for hydroxylation is 2. The first-order valence-corrected chi connectivity index (χ1v) is 7.74. The Morgan fingerprint density at radius 3 is 2.43 bits per heavy atom. The third-order valence-corrected chi connectivity index (χ3v) is 3.86. The second-order valence-corrected chi connectivity index (χ2v) is 5.61. The molecule has 1 amide bonds. The molecule has 1 N–H and O–H groups in total. The van der Waals surface area contributed by atoms with E-state index in [1.807, 2.05) is 13.0 Å². The van der Waals surface area contributed by atoms with E-state index in [4.69, 9.17) is 4.74 Å². The maximum atomic E-state index is 12.8. The van der Waals surface area contributed by atoms with Crippen molar-refractivity contribution in [2.24, 2.45) is 0 Å². The van der Waals surface area contributed by atoms with E-state index in [-0.39, 0.29) is 24.4 Å². The van der Waals surface area contributed by atoms with Gasteiger partial charge in [0.1, 0.15) is 11.6 Å². The van der Waals surface area contributed by atoms with Gasteiger partial charge in [-0.25, -0.2) is 4.39 Å². The number of hydrogen-bond acceptors (Lipinski definition) is 2. The molecule has 23 heavy (non-hydrogen) atoms. The first-order valence-electron chi connectivity index (χ1n) is 7.74. The standard InChI is InChI=1S/C19H22FNO2/c1-4-18(15-6-5-13(2)14(3)11-15)21-19(22)12-23-17-9-7-16(20)8-10-17/h5-11,18H,4,12H2,1-3H3,(H,21,22)/t18-/m1/s1. The fourth-order valence-corrected chi connectivity index (χ4v) is 2.32. The normalized spacial score (nSPS) is 11.8. The number of carbonyl (C=O) groups excluding carboxylic acids is 1. The van der Waals surface area contributed by atoms with Crippen LogP contribution in [0.2, 0.25) is 0 Å². The molecule has 0 unspecified atom stereocenters. The Balaban J connectivity index is 1.94. The molecular weight excluding hydrogens is 293 g/mol. The number of carbonyl (C=O) groups is 1. The van der Waals surface area contributed by atoms with Crippen molar-refractivity contribution in [1.29, 1.82) is 0 Å². The summed E-state index contributed by atoms with van der Waals surface area (Å²) >= 11 is 0. The Kier molecular flexibility index (Phi) is 5.74. The lowest BCUT2D eigenvalue weighted by molar-refractivity contribution is -0.123. The van der Waals surface area contributed by atoms with E-state index in [1.54, 1.807) is 0 Å². The van der Waals surface area contributed by atoms with Crippen molar-refractivity contribution >= 4 is 5.91 Å². The van der Waals surface area contributed by atoms with Gasteiger partial charge in [0.15, 0.2) is 6.61 Å². The molecule has 2 rings (SSSR count). The minimum atomic E-state index is -0.331. The summed E-state index contributed by atoms with van der Waals surface area (Å²) in [7, 11) is 0. The van der Waals surface area contributed by atoms with Crippen molar-refractivity contribution in [3.05, 3.63) is 65.0 Å². The summed E-state index contributed by atoms with van der Waals surface area (Å²) in [6.45, 7) is 6.06. The lowest BCUT2D eigenvalue weighted by Gasteiger charge is -2.19. The zero-order chi connectivity index (χ0) is 16.8. The average molecular weight is 315 g/mol. The zero-order valence-corrected chi connectivity index (χ0v) is 13.7. The summed E-state index contributed by atoms with van der Waals surface area (Å²) in [5.74, 6) is -0.0530. The highest BCUT2D eigenvalue weighted by Crippen LogP contribution is 2.20. The molecule has 0 aliphatic heterocycles. The van der Waals surface area contributed by atoms with E-state index in [0.29, 0.717) is 5.75 Å². The Morgan fingerprint density at radius 1 is 1.13 bits per heavy atom. The molecule has 4 heteroatoms. The van der Waals surface area contributed by atoms with Crippen molar-refractivity contribution in [3.8, 4) is 5.75 Å². The van der Waals surface area contributed by atoms with Crippen LogP contribution < -0.4 is 10.1 Å². The number of halogens is 1. The van der Waals surface area contributed by atoms with Crippen LogP contribution in [0.1, 0.15) is 36.1 Å². The van der Waals surface area contributed by atoms with Crippen LogP contribution in [0.15, 0.2) is 42.5 Å². The minimum absolute atomic E-state index is 0.0429. The molecule has 0 spiro atoms. The molecule has 0 aromatic heterocycles. The Morgan fingerprint density at radius 2 is 1.83 bits per heavy atom. The van der Waals surface area contributed by atoms with Gasteiger partial charge in [0.2, 0.25) is 0 Å². The quantitative estimate of drug-likeness (QED) is 0.872. The molecule has 3 nitrogen and oxygen atoms in total. The Hall–Kier alpha value is -2.36. The first kappa shape index (κ1) is 17.0. The molecule has 0 aliphatic carbocycles. The summed E-state index contributed by atoms with van der Waals surface area (Å²) in [5.41, 5.74) is 3.53. The molecule has 2 aromatic carbocycles. The van der Waals surface area contributed by atoms with Gasteiger partial charge in [0.05, 0.1) is 6.04 Å². The minimum Gasteiger partial charge on any atom is -0.484 e. The lowest BCUT2D eigenvalue weighted by Crippen LogP contribution is -2.32. The number of ether oxygens (including phenoxy) is 1. The number of hydrogen-bond donors (Lipinski definition) is 1. The Labute approximate surface area is 136 Å². The van der Waals surface area contributed by atoms with Gasteiger partial charge in [-0.2, -0.15) is 0 Å². The fourth-order valence-electron chi connectivity index (χ4n) is 2.32. The van der Waals surface area contributed by atoms with Crippen LogP contribution in [0, 0.1) is 19.7 Å². The number of nitrogens with one attached hydrogen (secondary N) is 1. The van der Waals surface area contributed by atoms with Crippen LogP contribution in [0.25, 0.3) is 0 Å². The van der Waals surface area contributed by atoms with Crippen molar-refractivity contribution in [2.75, 3.05) is 6.61 Å². The highest BCUT2D eigenvalue weighted by atomic mass is 19.1. The summed E-state index contributed by atoms with van der Waals surface area (Å²) < 4.78 is 18.2. The van der Waals surface area contributed by atoms with E-state index in [9.17, 15) is 9.18 Å². The van der Waals surface area contributed by atoms with E-state index in [2.05, 4.69) is 31.3 Å². The van der Waals surface area contributed by atoms with E-state index < -0.39 is 0 Å². The summed E-state index contributed by atoms with van der Waals surface area (Å²) in [6, 6.07) is 11.8. The molecule has 0 heterocycles. The van der Waals surface area contributed by atoms with Gasteiger partial charge in [-0.05, 0) is 61.2 Å². The van der Waals surface area contributed by atoms with Crippen LogP contribution in [-0.2, 0) is 4.79 Å². The van der Waals surface area contributed by atoms with Crippen LogP contribution in [-0.4, -0.2) is 12.5 Å². The second kappa shape index (κ2) is 7.77. The third kappa shape index (κ3) is 4.81. The smallest absolute Gasteiger partial charge is 0.258 e. The molecule has 0 aliphatic rings. The molecule has 0 radical (unpaired) electrons. The van der Waals surface area contributed by atoms with Crippen molar-refractivity contribution in [2.45, 2.75) is 33.2 Å². The van der Waals surface area contributed by atoms with Gasteiger partial charge in [0, 0.05) is 0 Å². The van der Waals surface area contributed by atoms with Gasteiger partial charge in [-0.15, -0.1) is 0 Å². The largest absolute Gasteiger partial charge is 0.484 e. The molecule has 122 valence electrons. The van der Waals surface area contributed by atoms with Gasteiger partial charge < -0.3 is 10.1 Å². The molecular formula is C19H22FNO2. The lowest BCUT2D eigenvalue weighted by atomic mass is 9.99. The molecule has 0 saturated heterocycles. The summed E-state index contributed by atoms with van der Waals surface area (Å²) in [6.07, 6.45) is 0.796. The number of amides is 1. The molecule has 0 fully saturated rings. The van der Waals surface area contributed by atoms with Crippen LogP contribution in [0.5, 0.6) is 5.75 Å². The molecule has 2 aromatic rings. The average Bonchev–Trinajstić information content (AvgIpc) is 2.55. The fraction of sp³-hybridized carbons (Fsp3) is 0.316. The molecule has 0 bridgehead atoms. The van der Waals surface area contributed by atoms with Crippen molar-refractivity contribution in [1.82, 2.24) is 5.32 Å². The Bertz CT molecular complexity index is 668. The molecule has 0 saturated carbocycles. The van der Waals surface area contributed by atoms with Crippen LogP contribution in [0.3, 0.4) is 0 Å². The zero-order valence-electron chi connectivity index (χ0n) is 13.7. The maximum absolute atomic E-state index is 12.8. The molecule has 1 atom stereocenters. The summed E-state index contributed by atoms with van der Waals surface area (Å²) in [5, 5.41) is 2.97.